The van der Waals surface area contributed by atoms with Crippen molar-refractivity contribution in [1.82, 2.24) is 0 Å². The van der Waals surface area contributed by atoms with Gasteiger partial charge in [0.2, 0.25) is 0 Å². The third kappa shape index (κ3) is 36.5. The van der Waals surface area contributed by atoms with Gasteiger partial charge in [-0.3, -0.25) is 13.8 Å². The fourth-order valence-electron chi connectivity index (χ4n) is 5.68. The molecule has 0 heterocycles. The Morgan fingerprint density at radius 2 is 1.06 bits per heavy atom. The number of carbonyl (C=O) groups is 1. The normalized spacial score (nSPS) is 13.7. The van der Waals surface area contributed by atoms with Crippen molar-refractivity contribution in [2.24, 2.45) is 5.73 Å². The van der Waals surface area contributed by atoms with Gasteiger partial charge in [-0.15, -0.1) is 0 Å². The molecule has 0 aliphatic heterocycles. The van der Waals surface area contributed by atoms with Crippen LogP contribution >= 0.6 is 7.82 Å². The van der Waals surface area contributed by atoms with Gasteiger partial charge in [0.15, 0.2) is 0 Å². The summed E-state index contributed by atoms with van der Waals surface area (Å²) in [5.74, 6) is -0.338. The van der Waals surface area contributed by atoms with E-state index in [2.05, 4.69) is 26.0 Å². The minimum atomic E-state index is -4.27. The molecule has 0 radical (unpaired) electrons. The topological polar surface area (TPSA) is 117 Å². The summed E-state index contributed by atoms with van der Waals surface area (Å²) in [7, 11) is -4.27. The Hall–Kier alpha value is -0.760. The van der Waals surface area contributed by atoms with E-state index in [4.69, 9.17) is 24.3 Å². The van der Waals surface area contributed by atoms with Gasteiger partial charge in [-0.2, -0.15) is 0 Å². The molecule has 0 bridgehead atoms. The second-order valence-corrected chi connectivity index (χ2v) is 15.0. The van der Waals surface area contributed by atoms with Gasteiger partial charge in [0.1, 0.15) is 6.10 Å². The van der Waals surface area contributed by atoms with Crippen LogP contribution < -0.4 is 5.73 Å². The van der Waals surface area contributed by atoms with Crippen LogP contribution in [0.5, 0.6) is 0 Å². The van der Waals surface area contributed by atoms with E-state index in [9.17, 15) is 14.3 Å². The number of phosphoric ester groups is 1. The summed E-state index contributed by atoms with van der Waals surface area (Å²) >= 11 is 0. The van der Waals surface area contributed by atoms with Gasteiger partial charge in [-0.05, 0) is 32.1 Å². The molecule has 8 nitrogen and oxygen atoms in total. The second kappa shape index (κ2) is 37.5. The Bertz CT molecular complexity index is 752. The molecule has 48 heavy (non-hydrogen) atoms. The molecule has 0 fully saturated rings. The fraction of sp³-hybridized carbons (Fsp3) is 0.923. The monoisotopic (exact) mass is 704 g/mol. The SMILES string of the molecule is CCCC/C=C\CCCCCCCC(=O)O[C@H](COCCCCCCCCCCCCCCCCCCCC)COP(=O)(O)OCCN. The third-order valence-electron chi connectivity index (χ3n) is 8.68. The number of hydrogen-bond acceptors (Lipinski definition) is 7. The van der Waals surface area contributed by atoms with Gasteiger partial charge in [0.25, 0.3) is 0 Å². The van der Waals surface area contributed by atoms with Gasteiger partial charge in [-0.1, -0.05) is 167 Å². The highest BCUT2D eigenvalue weighted by molar-refractivity contribution is 7.47. The fourth-order valence-corrected chi connectivity index (χ4v) is 6.45. The maximum atomic E-state index is 12.5. The Kier molecular flexibility index (Phi) is 36.9. The van der Waals surface area contributed by atoms with Crippen LogP contribution in [0.25, 0.3) is 0 Å². The van der Waals surface area contributed by atoms with Crippen LogP contribution in [-0.4, -0.2) is 49.9 Å². The van der Waals surface area contributed by atoms with Crippen LogP contribution in [-0.2, 0) is 27.9 Å². The van der Waals surface area contributed by atoms with Crippen molar-refractivity contribution in [2.75, 3.05) is 33.0 Å². The lowest BCUT2D eigenvalue weighted by atomic mass is 10.0. The van der Waals surface area contributed by atoms with Gasteiger partial charge >= 0.3 is 13.8 Å². The molecule has 0 saturated carbocycles. The van der Waals surface area contributed by atoms with E-state index in [1.165, 1.54) is 128 Å². The Morgan fingerprint density at radius 1 is 0.604 bits per heavy atom. The smallest absolute Gasteiger partial charge is 0.457 e. The highest BCUT2D eigenvalue weighted by Gasteiger charge is 2.25. The largest absolute Gasteiger partial charge is 0.472 e. The van der Waals surface area contributed by atoms with Crippen molar-refractivity contribution in [1.29, 1.82) is 0 Å². The Morgan fingerprint density at radius 3 is 1.58 bits per heavy atom. The van der Waals surface area contributed by atoms with Crippen molar-refractivity contribution in [3.8, 4) is 0 Å². The molecule has 286 valence electrons. The number of allylic oxidation sites excluding steroid dienone is 2. The van der Waals surface area contributed by atoms with Crippen LogP contribution in [0.4, 0.5) is 0 Å². The average Bonchev–Trinajstić information content (AvgIpc) is 3.07. The van der Waals surface area contributed by atoms with Gasteiger partial charge < -0.3 is 20.1 Å². The summed E-state index contributed by atoms with van der Waals surface area (Å²) in [6.45, 7) is 4.90. The molecule has 0 rings (SSSR count). The van der Waals surface area contributed by atoms with E-state index < -0.39 is 13.9 Å². The predicted octanol–water partition coefficient (Wildman–Crippen LogP) is 11.5. The maximum Gasteiger partial charge on any atom is 0.472 e. The number of esters is 1. The molecule has 0 aliphatic rings. The molecule has 0 saturated heterocycles. The van der Waals surface area contributed by atoms with Gasteiger partial charge in [0.05, 0.1) is 19.8 Å². The standard InChI is InChI=1S/C39H78NO7P/c1-3-5-7-9-11-13-15-16-17-18-19-20-21-23-25-27-29-31-34-44-36-38(37-46-48(42,43)45-35-33-40)47-39(41)32-30-28-26-24-22-14-12-10-8-6-4-2/h10,12,38H,3-9,11,13-37,40H2,1-2H3,(H,42,43)/b12-10-/t38-/m1/s1. The van der Waals surface area contributed by atoms with Crippen LogP contribution in [0, 0.1) is 0 Å². The zero-order valence-corrected chi connectivity index (χ0v) is 32.4. The number of ether oxygens (including phenoxy) is 2. The van der Waals surface area contributed by atoms with Crippen molar-refractivity contribution in [3.63, 3.8) is 0 Å². The van der Waals surface area contributed by atoms with E-state index >= 15 is 0 Å². The third-order valence-corrected chi connectivity index (χ3v) is 9.67. The second-order valence-electron chi connectivity index (χ2n) is 13.5. The van der Waals surface area contributed by atoms with E-state index in [1.54, 1.807) is 0 Å². The molecule has 0 aromatic heterocycles. The number of rotatable bonds is 39. The molecule has 0 amide bonds. The van der Waals surface area contributed by atoms with E-state index in [0.29, 0.717) is 13.0 Å². The molecular weight excluding hydrogens is 625 g/mol. The van der Waals surface area contributed by atoms with E-state index in [1.807, 2.05) is 0 Å². The number of hydrogen-bond donors (Lipinski definition) is 2. The van der Waals surface area contributed by atoms with E-state index in [-0.39, 0.29) is 32.3 Å². The van der Waals surface area contributed by atoms with Crippen molar-refractivity contribution >= 4 is 13.8 Å². The molecule has 9 heteroatoms. The summed E-state index contributed by atoms with van der Waals surface area (Å²) in [5.41, 5.74) is 5.35. The zero-order chi connectivity index (χ0) is 35.2. The first-order valence-electron chi connectivity index (χ1n) is 20.2. The van der Waals surface area contributed by atoms with Crippen molar-refractivity contribution in [2.45, 2.75) is 200 Å². The molecule has 0 aromatic rings. The molecular formula is C39H78NO7P. The summed E-state index contributed by atoms with van der Waals surface area (Å²) in [4.78, 5) is 22.4. The lowest BCUT2D eigenvalue weighted by Crippen LogP contribution is -2.28. The highest BCUT2D eigenvalue weighted by Crippen LogP contribution is 2.43. The van der Waals surface area contributed by atoms with Crippen molar-refractivity contribution < 1.29 is 32.8 Å². The summed E-state index contributed by atoms with van der Waals surface area (Å²) in [5, 5.41) is 0. The first-order chi connectivity index (χ1) is 23.4. The Labute approximate surface area is 296 Å². The number of phosphoric acid groups is 1. The Balaban J connectivity index is 3.98. The summed E-state index contributed by atoms with van der Waals surface area (Å²) in [6.07, 6.45) is 38.0. The van der Waals surface area contributed by atoms with Crippen LogP contribution in [0.1, 0.15) is 194 Å². The highest BCUT2D eigenvalue weighted by atomic mass is 31.2. The molecule has 0 aromatic carbocycles. The van der Waals surface area contributed by atoms with Crippen LogP contribution in [0.2, 0.25) is 0 Å². The zero-order valence-electron chi connectivity index (χ0n) is 31.5. The van der Waals surface area contributed by atoms with Crippen LogP contribution in [0.3, 0.4) is 0 Å². The maximum absolute atomic E-state index is 12.5. The average molecular weight is 704 g/mol. The van der Waals surface area contributed by atoms with Gasteiger partial charge in [0, 0.05) is 19.6 Å². The van der Waals surface area contributed by atoms with E-state index in [0.717, 1.165) is 44.9 Å². The number of nitrogens with two attached hydrogens (primary N) is 1. The molecule has 2 atom stereocenters. The predicted molar refractivity (Wildman–Crippen MR) is 201 cm³/mol. The summed E-state index contributed by atoms with van der Waals surface area (Å²) < 4.78 is 33.3. The lowest BCUT2D eigenvalue weighted by molar-refractivity contribution is -0.154. The van der Waals surface area contributed by atoms with Crippen LogP contribution in [0.15, 0.2) is 12.2 Å². The quantitative estimate of drug-likeness (QED) is 0.0281. The number of unbranched alkanes of at least 4 members (excludes halogenated alkanes) is 24. The molecule has 0 spiro atoms. The lowest BCUT2D eigenvalue weighted by Gasteiger charge is -2.20. The molecule has 1 unspecified atom stereocenters. The summed E-state index contributed by atoms with van der Waals surface area (Å²) in [6, 6.07) is 0. The van der Waals surface area contributed by atoms with Gasteiger partial charge in [-0.25, -0.2) is 4.57 Å². The first kappa shape index (κ1) is 47.2. The van der Waals surface area contributed by atoms with Crippen molar-refractivity contribution in [3.05, 3.63) is 12.2 Å². The molecule has 0 aliphatic carbocycles. The first-order valence-corrected chi connectivity index (χ1v) is 21.7. The molecule has 3 N–H and O–H groups in total. The minimum absolute atomic E-state index is 0.0940. The number of carbonyl (C=O) groups excluding carboxylic acids is 1. The minimum Gasteiger partial charge on any atom is -0.457 e.